The summed E-state index contributed by atoms with van der Waals surface area (Å²) in [5.74, 6) is -0.253. The Balaban J connectivity index is 1.88. The number of nitrogens with zero attached hydrogens (tertiary/aromatic N) is 1. The number of carbonyl (C=O) groups is 2. The fraction of sp³-hybridized carbons (Fsp3) is 0.267. The molecule has 1 atom stereocenters. The van der Waals surface area contributed by atoms with E-state index in [2.05, 4.69) is 0 Å². The van der Waals surface area contributed by atoms with Crippen LogP contribution in [0.4, 0.5) is 5.69 Å². The predicted octanol–water partition coefficient (Wildman–Crippen LogP) is 6.04. The van der Waals surface area contributed by atoms with E-state index in [1.807, 2.05) is 58.0 Å². The Morgan fingerprint density at radius 2 is 1.64 bits per heavy atom. The van der Waals surface area contributed by atoms with Crippen molar-refractivity contribution in [1.29, 1.82) is 0 Å². The van der Waals surface area contributed by atoms with Gasteiger partial charge in [0.05, 0.1) is 25.3 Å². The first kappa shape index (κ1) is 25.0. The lowest BCUT2D eigenvalue weighted by molar-refractivity contribution is -0.132. The molecule has 6 nitrogen and oxygen atoms in total. The van der Waals surface area contributed by atoms with Crippen molar-refractivity contribution in [2.45, 2.75) is 40.2 Å². The van der Waals surface area contributed by atoms with Crippen LogP contribution in [0.3, 0.4) is 0 Å². The molecule has 0 radical (unpaired) electrons. The van der Waals surface area contributed by atoms with Gasteiger partial charge in [-0.2, -0.15) is 0 Å². The van der Waals surface area contributed by atoms with Crippen molar-refractivity contribution in [3.63, 3.8) is 0 Å². The summed E-state index contributed by atoms with van der Waals surface area (Å²) in [4.78, 5) is 28.2. The molecule has 0 bridgehead atoms. The summed E-state index contributed by atoms with van der Waals surface area (Å²) in [5, 5.41) is 11.4. The van der Waals surface area contributed by atoms with Gasteiger partial charge in [-0.1, -0.05) is 25.1 Å². The zero-order valence-electron chi connectivity index (χ0n) is 21.3. The summed E-state index contributed by atoms with van der Waals surface area (Å²) in [5.41, 5.74) is 4.70. The van der Waals surface area contributed by atoms with Gasteiger partial charge in [0.15, 0.2) is 0 Å². The molecule has 0 aliphatic carbocycles. The predicted molar refractivity (Wildman–Crippen MR) is 141 cm³/mol. The number of aliphatic hydroxyl groups is 1. The van der Waals surface area contributed by atoms with Crippen molar-refractivity contribution in [1.82, 2.24) is 0 Å². The van der Waals surface area contributed by atoms with Crippen molar-refractivity contribution in [2.24, 2.45) is 0 Å². The number of Topliss-reactive ketones (excluding diaryl/α,β-unsaturated/α-hetero) is 1. The Bertz CT molecular complexity index is 1340. The lowest BCUT2D eigenvalue weighted by atomic mass is 9.94. The first-order valence-corrected chi connectivity index (χ1v) is 12.0. The summed E-state index contributed by atoms with van der Waals surface area (Å²) in [6.45, 7) is 8.46. The van der Waals surface area contributed by atoms with E-state index in [1.54, 1.807) is 37.4 Å². The number of methoxy groups -OCH3 is 1. The highest BCUT2D eigenvalue weighted by molar-refractivity contribution is 6.51. The lowest BCUT2D eigenvalue weighted by Gasteiger charge is -2.26. The van der Waals surface area contributed by atoms with Gasteiger partial charge in [-0.15, -0.1) is 0 Å². The molecule has 4 rings (SSSR count). The maximum absolute atomic E-state index is 13.4. The number of ether oxygens (including phenoxy) is 2. The van der Waals surface area contributed by atoms with Gasteiger partial charge in [0.1, 0.15) is 17.3 Å². The first-order chi connectivity index (χ1) is 17.3. The average Bonchev–Trinajstić information content (AvgIpc) is 3.14. The number of benzene rings is 3. The molecule has 1 unspecified atom stereocenters. The molecule has 1 N–H and O–H groups in total. The number of aliphatic hydroxyl groups excluding tert-OH is 1. The molecule has 1 heterocycles. The van der Waals surface area contributed by atoms with Crippen molar-refractivity contribution in [2.75, 3.05) is 18.6 Å². The van der Waals surface area contributed by atoms with Crippen molar-refractivity contribution in [3.8, 4) is 11.5 Å². The molecule has 1 aliphatic heterocycles. The number of ketones is 1. The second-order valence-corrected chi connectivity index (χ2v) is 9.04. The van der Waals surface area contributed by atoms with Crippen molar-refractivity contribution < 1.29 is 24.2 Å². The minimum Gasteiger partial charge on any atom is -0.507 e. The first-order valence-electron chi connectivity index (χ1n) is 12.0. The van der Waals surface area contributed by atoms with E-state index in [0.717, 1.165) is 28.9 Å². The van der Waals surface area contributed by atoms with E-state index < -0.39 is 17.7 Å². The Hall–Kier alpha value is -4.06. The van der Waals surface area contributed by atoms with Gasteiger partial charge in [0.2, 0.25) is 0 Å². The van der Waals surface area contributed by atoms with E-state index in [1.165, 1.54) is 4.90 Å². The number of aryl methyl sites for hydroxylation is 3. The van der Waals surface area contributed by atoms with Crippen LogP contribution in [-0.4, -0.2) is 30.5 Å². The van der Waals surface area contributed by atoms with E-state index >= 15 is 0 Å². The Labute approximate surface area is 211 Å². The number of hydrogen-bond donors (Lipinski definition) is 1. The van der Waals surface area contributed by atoms with E-state index in [0.29, 0.717) is 29.2 Å². The normalized spacial score (nSPS) is 16.9. The van der Waals surface area contributed by atoms with Crippen LogP contribution in [0.5, 0.6) is 11.5 Å². The smallest absolute Gasteiger partial charge is 0.300 e. The third kappa shape index (κ3) is 4.59. The Kier molecular flexibility index (Phi) is 7.15. The third-order valence-corrected chi connectivity index (χ3v) is 6.55. The quantitative estimate of drug-likeness (QED) is 0.251. The van der Waals surface area contributed by atoms with E-state index in [9.17, 15) is 14.7 Å². The second kappa shape index (κ2) is 10.3. The van der Waals surface area contributed by atoms with E-state index in [-0.39, 0.29) is 11.3 Å². The molecule has 0 spiro atoms. The van der Waals surface area contributed by atoms with Crippen LogP contribution in [-0.2, 0) is 9.59 Å². The highest BCUT2D eigenvalue weighted by Crippen LogP contribution is 2.43. The SMILES string of the molecule is CCCOc1ccc(/C(O)=C2\C(=O)C(=O)N(c3ccc(C)c(C)c3)C2c2ccc(OC)cc2)cc1C. The van der Waals surface area contributed by atoms with Gasteiger partial charge in [0.25, 0.3) is 11.7 Å². The standard InChI is InChI=1S/C30H31NO5/c1-6-15-36-25-14-10-22(16-20(25)4)28(32)26-27(21-8-12-24(35-5)13-9-21)31(30(34)29(26)33)23-11-7-18(2)19(3)17-23/h7-14,16-17,27,32H,6,15H2,1-5H3/b28-26+. The van der Waals surface area contributed by atoms with Crippen LogP contribution in [0, 0.1) is 20.8 Å². The molecule has 3 aromatic rings. The molecule has 1 fully saturated rings. The molecule has 36 heavy (non-hydrogen) atoms. The molecule has 1 saturated heterocycles. The number of amides is 1. The zero-order chi connectivity index (χ0) is 26.0. The van der Waals surface area contributed by atoms with Gasteiger partial charge >= 0.3 is 0 Å². The summed E-state index contributed by atoms with van der Waals surface area (Å²) >= 11 is 0. The highest BCUT2D eigenvalue weighted by Gasteiger charge is 2.47. The highest BCUT2D eigenvalue weighted by atomic mass is 16.5. The van der Waals surface area contributed by atoms with Gasteiger partial charge in [-0.05, 0) is 91.9 Å². The van der Waals surface area contributed by atoms with Crippen LogP contribution in [0.1, 0.15) is 47.2 Å². The van der Waals surface area contributed by atoms with E-state index in [4.69, 9.17) is 9.47 Å². The molecule has 6 heteroatoms. The molecule has 3 aromatic carbocycles. The molecule has 1 aliphatic rings. The van der Waals surface area contributed by atoms with Crippen LogP contribution >= 0.6 is 0 Å². The number of carbonyl (C=O) groups excluding carboxylic acids is 2. The molecule has 0 saturated carbocycles. The maximum Gasteiger partial charge on any atom is 0.300 e. The van der Waals surface area contributed by atoms with Gasteiger partial charge < -0.3 is 14.6 Å². The fourth-order valence-electron chi connectivity index (χ4n) is 4.40. The second-order valence-electron chi connectivity index (χ2n) is 9.04. The molecular weight excluding hydrogens is 454 g/mol. The lowest BCUT2D eigenvalue weighted by Crippen LogP contribution is -2.29. The summed E-state index contributed by atoms with van der Waals surface area (Å²) in [7, 11) is 1.58. The molecule has 186 valence electrons. The number of anilines is 1. The average molecular weight is 486 g/mol. The minimum atomic E-state index is -0.797. The zero-order valence-corrected chi connectivity index (χ0v) is 21.3. The Morgan fingerprint density at radius 1 is 0.917 bits per heavy atom. The summed E-state index contributed by atoms with van der Waals surface area (Å²) in [6, 6.07) is 17.3. The number of rotatable bonds is 7. The number of hydrogen-bond acceptors (Lipinski definition) is 5. The molecular formula is C30H31NO5. The summed E-state index contributed by atoms with van der Waals surface area (Å²) < 4.78 is 11.0. The van der Waals surface area contributed by atoms with Crippen molar-refractivity contribution >= 4 is 23.1 Å². The fourth-order valence-corrected chi connectivity index (χ4v) is 4.40. The van der Waals surface area contributed by atoms with Crippen LogP contribution in [0.25, 0.3) is 5.76 Å². The maximum atomic E-state index is 13.4. The summed E-state index contributed by atoms with van der Waals surface area (Å²) in [6.07, 6.45) is 0.880. The molecule has 1 amide bonds. The minimum absolute atomic E-state index is 0.0463. The van der Waals surface area contributed by atoms with Crippen LogP contribution in [0.15, 0.2) is 66.2 Å². The third-order valence-electron chi connectivity index (χ3n) is 6.55. The van der Waals surface area contributed by atoms with Crippen molar-refractivity contribution in [3.05, 3.63) is 94.1 Å². The van der Waals surface area contributed by atoms with Gasteiger partial charge in [-0.25, -0.2) is 0 Å². The van der Waals surface area contributed by atoms with Gasteiger partial charge in [-0.3, -0.25) is 14.5 Å². The van der Waals surface area contributed by atoms with Crippen LogP contribution in [0.2, 0.25) is 0 Å². The Morgan fingerprint density at radius 3 is 2.25 bits per heavy atom. The van der Waals surface area contributed by atoms with Gasteiger partial charge in [0, 0.05) is 11.3 Å². The topological polar surface area (TPSA) is 76.1 Å². The van der Waals surface area contributed by atoms with Crippen LogP contribution < -0.4 is 14.4 Å². The molecule has 0 aromatic heterocycles. The largest absolute Gasteiger partial charge is 0.507 e. The monoisotopic (exact) mass is 485 g/mol.